The van der Waals surface area contributed by atoms with E-state index in [9.17, 15) is 19.5 Å². The van der Waals surface area contributed by atoms with Gasteiger partial charge in [0.15, 0.2) is 0 Å². The fourth-order valence-corrected chi connectivity index (χ4v) is 4.46. The van der Waals surface area contributed by atoms with Crippen LogP contribution in [0.1, 0.15) is 42.9 Å². The van der Waals surface area contributed by atoms with Crippen LogP contribution in [0.3, 0.4) is 0 Å². The highest BCUT2D eigenvalue weighted by Crippen LogP contribution is 2.20. The zero-order valence-electron chi connectivity index (χ0n) is 20.2. The van der Waals surface area contributed by atoms with E-state index in [2.05, 4.69) is 5.32 Å². The molecule has 8 nitrogen and oxygen atoms in total. The van der Waals surface area contributed by atoms with Crippen LogP contribution in [-0.4, -0.2) is 59.1 Å². The summed E-state index contributed by atoms with van der Waals surface area (Å²) in [7, 11) is 0. The van der Waals surface area contributed by atoms with Gasteiger partial charge < -0.3 is 20.5 Å². The van der Waals surface area contributed by atoms with Gasteiger partial charge >= 0.3 is 11.9 Å². The maximum absolute atomic E-state index is 13.6. The van der Waals surface area contributed by atoms with Crippen molar-refractivity contribution >= 4 is 17.8 Å². The highest BCUT2D eigenvalue weighted by Gasteiger charge is 2.38. The Morgan fingerprint density at radius 3 is 2.37 bits per heavy atom. The van der Waals surface area contributed by atoms with Gasteiger partial charge in [-0.1, -0.05) is 54.6 Å². The molecule has 0 aromatic heterocycles. The summed E-state index contributed by atoms with van der Waals surface area (Å²) < 4.78 is 5.30. The van der Waals surface area contributed by atoms with E-state index in [4.69, 9.17) is 10.5 Å². The largest absolute Gasteiger partial charge is 0.480 e. The van der Waals surface area contributed by atoms with Gasteiger partial charge in [-0.3, -0.25) is 14.9 Å². The summed E-state index contributed by atoms with van der Waals surface area (Å²) in [5.41, 5.74) is 8.65. The molecule has 1 unspecified atom stereocenters. The summed E-state index contributed by atoms with van der Waals surface area (Å²) in [5, 5.41) is 12.9. The molecule has 0 spiro atoms. The van der Waals surface area contributed by atoms with Gasteiger partial charge in [0.1, 0.15) is 12.1 Å². The number of nitrogens with one attached hydrogen (secondary N) is 1. The minimum atomic E-state index is -1.01. The van der Waals surface area contributed by atoms with Crippen molar-refractivity contribution in [1.29, 1.82) is 0 Å². The number of hydrogen-bond acceptors (Lipinski definition) is 6. The summed E-state index contributed by atoms with van der Waals surface area (Å²) in [6.45, 7) is 2.78. The lowest BCUT2D eigenvalue weighted by Gasteiger charge is -2.30. The third-order valence-corrected chi connectivity index (χ3v) is 6.36. The number of aryl methyl sites for hydroxylation is 1. The molecule has 0 aliphatic carbocycles. The fraction of sp³-hybridized carbons (Fsp3) is 0.444. The van der Waals surface area contributed by atoms with Crippen LogP contribution in [0, 0.1) is 0 Å². The second-order valence-electron chi connectivity index (χ2n) is 8.80. The second-order valence-corrected chi connectivity index (χ2v) is 8.80. The lowest BCUT2D eigenvalue weighted by atomic mass is 9.99. The van der Waals surface area contributed by atoms with E-state index in [1.165, 1.54) is 4.90 Å². The molecule has 1 aliphatic rings. The standard InChI is InChI=1S/C27H35N3O5/c1-2-35-27(34)22(15-14-19-7-4-3-5-8-19)29-23(17-20-10-12-21(18-28)13-11-20)25(31)30-16-6-9-24(30)26(32)33/h3-5,7-8,10-13,22-24,29H,2,6,9,14-18,28H2,1H3,(H,32,33)/t22-,23?,24-/m0/s1. The van der Waals surface area contributed by atoms with Crippen LogP contribution in [0.15, 0.2) is 54.6 Å². The summed E-state index contributed by atoms with van der Waals surface area (Å²) >= 11 is 0. The number of esters is 1. The highest BCUT2D eigenvalue weighted by molar-refractivity contribution is 5.88. The first-order chi connectivity index (χ1) is 16.9. The van der Waals surface area contributed by atoms with Crippen LogP contribution in [0.4, 0.5) is 0 Å². The Kier molecular flexibility index (Phi) is 9.81. The first-order valence-electron chi connectivity index (χ1n) is 12.2. The first kappa shape index (κ1) is 26.4. The molecule has 188 valence electrons. The van der Waals surface area contributed by atoms with Crippen LogP contribution < -0.4 is 11.1 Å². The molecule has 1 fully saturated rings. The Morgan fingerprint density at radius 1 is 1.06 bits per heavy atom. The van der Waals surface area contributed by atoms with Gasteiger partial charge in [-0.05, 0) is 55.7 Å². The third-order valence-electron chi connectivity index (χ3n) is 6.36. The quantitative estimate of drug-likeness (QED) is 0.398. The van der Waals surface area contributed by atoms with E-state index in [1.54, 1.807) is 6.92 Å². The van der Waals surface area contributed by atoms with Crippen LogP contribution in [0.25, 0.3) is 0 Å². The maximum atomic E-state index is 13.6. The van der Waals surface area contributed by atoms with Gasteiger partial charge in [-0.25, -0.2) is 4.79 Å². The Balaban J connectivity index is 1.83. The molecular weight excluding hydrogens is 446 g/mol. The van der Waals surface area contributed by atoms with Gasteiger partial charge in [-0.15, -0.1) is 0 Å². The summed E-state index contributed by atoms with van der Waals surface area (Å²) in [6, 6.07) is 15.1. The molecule has 1 aliphatic heterocycles. The average Bonchev–Trinajstić information content (AvgIpc) is 3.37. The van der Waals surface area contributed by atoms with Gasteiger partial charge in [0.05, 0.1) is 12.6 Å². The number of benzene rings is 2. The Labute approximate surface area is 206 Å². The van der Waals surface area contributed by atoms with E-state index in [-0.39, 0.29) is 12.5 Å². The number of ether oxygens (including phenoxy) is 1. The molecule has 1 heterocycles. The van der Waals surface area contributed by atoms with Crippen molar-refractivity contribution in [2.75, 3.05) is 13.2 Å². The number of carboxylic acids is 1. The Morgan fingerprint density at radius 2 is 1.74 bits per heavy atom. The maximum Gasteiger partial charge on any atom is 0.326 e. The number of nitrogens with zero attached hydrogens (tertiary/aromatic N) is 1. The number of hydrogen-bond donors (Lipinski definition) is 3. The van der Waals surface area contributed by atoms with Crippen LogP contribution >= 0.6 is 0 Å². The molecule has 3 atom stereocenters. The van der Waals surface area contributed by atoms with Crippen molar-refractivity contribution < 1.29 is 24.2 Å². The molecule has 1 saturated heterocycles. The SMILES string of the molecule is CCOC(=O)[C@H](CCc1ccccc1)NC(Cc1ccc(CN)cc1)C(=O)N1CCC[C@H]1C(=O)O. The number of likely N-dealkylation sites (tertiary alicyclic amines) is 1. The monoisotopic (exact) mass is 481 g/mol. The molecule has 1 amide bonds. The smallest absolute Gasteiger partial charge is 0.326 e. The predicted octanol–water partition coefficient (Wildman–Crippen LogP) is 2.29. The number of carbonyl (C=O) groups is 3. The second kappa shape index (κ2) is 13.0. The van der Waals surface area contributed by atoms with Gasteiger partial charge in [-0.2, -0.15) is 0 Å². The van der Waals surface area contributed by atoms with E-state index in [0.717, 1.165) is 16.7 Å². The van der Waals surface area contributed by atoms with E-state index < -0.39 is 30.1 Å². The molecule has 0 radical (unpaired) electrons. The number of carboxylic acid groups (broad SMARTS) is 1. The number of nitrogens with two attached hydrogens (primary N) is 1. The molecule has 0 bridgehead atoms. The number of rotatable bonds is 12. The van der Waals surface area contributed by atoms with E-state index in [1.807, 2.05) is 54.6 Å². The van der Waals surface area contributed by atoms with Crippen molar-refractivity contribution in [3.05, 3.63) is 71.3 Å². The van der Waals surface area contributed by atoms with Gasteiger partial charge in [0, 0.05) is 13.1 Å². The van der Waals surface area contributed by atoms with Crippen molar-refractivity contribution in [2.45, 2.75) is 63.7 Å². The minimum Gasteiger partial charge on any atom is -0.480 e. The lowest BCUT2D eigenvalue weighted by molar-refractivity contribution is -0.150. The van der Waals surface area contributed by atoms with Crippen molar-refractivity contribution in [3.63, 3.8) is 0 Å². The van der Waals surface area contributed by atoms with E-state index >= 15 is 0 Å². The molecular formula is C27H35N3O5. The lowest BCUT2D eigenvalue weighted by Crippen LogP contribution is -2.55. The summed E-state index contributed by atoms with van der Waals surface area (Å²) in [4.78, 5) is 39.6. The molecule has 3 rings (SSSR count). The summed E-state index contributed by atoms with van der Waals surface area (Å²) in [6.07, 6.45) is 2.45. The normalized spacial score (nSPS) is 17.1. The predicted molar refractivity (Wildman–Crippen MR) is 133 cm³/mol. The molecule has 2 aromatic carbocycles. The zero-order valence-corrected chi connectivity index (χ0v) is 20.2. The van der Waals surface area contributed by atoms with Gasteiger partial charge in [0.25, 0.3) is 0 Å². The Hall–Kier alpha value is -3.23. The van der Waals surface area contributed by atoms with Crippen LogP contribution in [0.2, 0.25) is 0 Å². The molecule has 4 N–H and O–H groups in total. The number of carbonyl (C=O) groups excluding carboxylic acids is 2. The van der Waals surface area contributed by atoms with Crippen LogP contribution in [-0.2, 0) is 38.5 Å². The summed E-state index contributed by atoms with van der Waals surface area (Å²) in [5.74, 6) is -1.74. The number of amides is 1. The van der Waals surface area contributed by atoms with Gasteiger partial charge in [0.2, 0.25) is 5.91 Å². The molecule has 2 aromatic rings. The number of aliphatic carboxylic acids is 1. The van der Waals surface area contributed by atoms with Crippen molar-refractivity contribution in [2.24, 2.45) is 5.73 Å². The van der Waals surface area contributed by atoms with Crippen LogP contribution in [0.5, 0.6) is 0 Å². The topological polar surface area (TPSA) is 122 Å². The minimum absolute atomic E-state index is 0.231. The third kappa shape index (κ3) is 7.37. The van der Waals surface area contributed by atoms with E-state index in [0.29, 0.717) is 45.2 Å². The van der Waals surface area contributed by atoms with Crippen molar-refractivity contribution in [1.82, 2.24) is 10.2 Å². The molecule has 0 saturated carbocycles. The molecule has 35 heavy (non-hydrogen) atoms. The zero-order chi connectivity index (χ0) is 25.2. The molecule has 8 heteroatoms. The first-order valence-corrected chi connectivity index (χ1v) is 12.2. The van der Waals surface area contributed by atoms with Crippen molar-refractivity contribution in [3.8, 4) is 0 Å². The highest BCUT2D eigenvalue weighted by atomic mass is 16.5. The Bertz CT molecular complexity index is 980. The fourth-order valence-electron chi connectivity index (χ4n) is 4.46. The average molecular weight is 482 g/mol.